The van der Waals surface area contributed by atoms with E-state index in [0.717, 1.165) is 41.8 Å². The first-order valence-electron chi connectivity index (χ1n) is 6.19. The maximum Gasteiger partial charge on any atom is 0.232 e. The van der Waals surface area contributed by atoms with E-state index in [9.17, 15) is 4.79 Å². The van der Waals surface area contributed by atoms with Gasteiger partial charge in [0.2, 0.25) is 5.91 Å². The van der Waals surface area contributed by atoms with Gasteiger partial charge in [0.25, 0.3) is 0 Å². The molecule has 6 heteroatoms. The Morgan fingerprint density at radius 1 is 1.56 bits per heavy atom. The number of rotatable bonds is 3. The van der Waals surface area contributed by atoms with Crippen LogP contribution >= 0.6 is 23.1 Å². The van der Waals surface area contributed by atoms with E-state index >= 15 is 0 Å². The molecule has 0 atom stereocenters. The Labute approximate surface area is 116 Å². The lowest BCUT2D eigenvalue weighted by atomic mass is 9.99. The summed E-state index contributed by atoms with van der Waals surface area (Å²) >= 11 is 3.02. The van der Waals surface area contributed by atoms with Crippen LogP contribution in [0.1, 0.15) is 25.5 Å². The molecule has 2 rings (SSSR count). The normalized spacial score (nSPS) is 17.1. The number of nitrogen functional groups attached to an aromatic ring is 1. The van der Waals surface area contributed by atoms with Crippen molar-refractivity contribution in [2.45, 2.75) is 30.9 Å². The number of carbonyl (C=O) groups excluding carboxylic acids is 1. The molecule has 1 aromatic heterocycles. The SMILES string of the molecule is Cc1nc(N)sc1SCC(=O)N1CCC(C)CC1. The van der Waals surface area contributed by atoms with Gasteiger partial charge in [0.15, 0.2) is 5.13 Å². The van der Waals surface area contributed by atoms with Gasteiger partial charge in [0.05, 0.1) is 15.7 Å². The molecule has 2 heterocycles. The van der Waals surface area contributed by atoms with E-state index in [2.05, 4.69) is 11.9 Å². The van der Waals surface area contributed by atoms with Crippen LogP contribution in [-0.2, 0) is 4.79 Å². The molecule has 0 unspecified atom stereocenters. The first kappa shape index (κ1) is 13.7. The molecule has 0 bridgehead atoms. The monoisotopic (exact) mass is 285 g/mol. The standard InChI is InChI=1S/C12H19N3OS2/c1-8-3-5-15(6-4-8)10(16)7-17-11-9(2)14-12(13)18-11/h8H,3-7H2,1-2H3,(H2,13,14). The minimum atomic E-state index is 0.235. The van der Waals surface area contributed by atoms with E-state index in [4.69, 9.17) is 5.73 Å². The number of carbonyl (C=O) groups is 1. The molecule has 1 aromatic rings. The molecule has 1 aliphatic heterocycles. The fourth-order valence-corrected chi connectivity index (χ4v) is 3.94. The van der Waals surface area contributed by atoms with Gasteiger partial charge in [-0.15, -0.1) is 11.8 Å². The minimum Gasteiger partial charge on any atom is -0.375 e. The Hall–Kier alpha value is -0.750. The third kappa shape index (κ3) is 3.38. The summed E-state index contributed by atoms with van der Waals surface area (Å²) in [4.78, 5) is 18.2. The number of nitrogens with two attached hydrogens (primary N) is 1. The average Bonchev–Trinajstić information content (AvgIpc) is 2.66. The first-order chi connectivity index (χ1) is 8.56. The van der Waals surface area contributed by atoms with Gasteiger partial charge < -0.3 is 10.6 Å². The molecule has 1 fully saturated rings. The van der Waals surface area contributed by atoms with E-state index in [1.54, 1.807) is 11.8 Å². The summed E-state index contributed by atoms with van der Waals surface area (Å²) in [5.41, 5.74) is 6.58. The van der Waals surface area contributed by atoms with Gasteiger partial charge in [-0.3, -0.25) is 4.79 Å². The molecule has 100 valence electrons. The molecule has 0 aliphatic carbocycles. The van der Waals surface area contributed by atoms with E-state index in [1.165, 1.54) is 11.3 Å². The molecule has 0 aromatic carbocycles. The van der Waals surface area contributed by atoms with Crippen LogP contribution in [0.5, 0.6) is 0 Å². The van der Waals surface area contributed by atoms with Gasteiger partial charge in [0.1, 0.15) is 0 Å². The summed E-state index contributed by atoms with van der Waals surface area (Å²) in [6, 6.07) is 0. The highest BCUT2D eigenvalue weighted by atomic mass is 32.2. The lowest BCUT2D eigenvalue weighted by Crippen LogP contribution is -2.38. The fraction of sp³-hybridized carbons (Fsp3) is 0.667. The summed E-state index contributed by atoms with van der Waals surface area (Å²) in [6.45, 7) is 6.00. The second-order valence-electron chi connectivity index (χ2n) is 4.78. The van der Waals surface area contributed by atoms with Crippen molar-refractivity contribution in [3.63, 3.8) is 0 Å². The number of hydrogen-bond donors (Lipinski definition) is 1. The predicted molar refractivity (Wildman–Crippen MR) is 77.0 cm³/mol. The van der Waals surface area contributed by atoms with Gasteiger partial charge in [-0.25, -0.2) is 4.98 Å². The second-order valence-corrected chi connectivity index (χ2v) is 7.05. The van der Waals surface area contributed by atoms with Gasteiger partial charge in [-0.05, 0) is 25.7 Å². The molecule has 0 spiro atoms. The van der Waals surface area contributed by atoms with Crippen LogP contribution in [0.2, 0.25) is 0 Å². The van der Waals surface area contributed by atoms with E-state index < -0.39 is 0 Å². The zero-order valence-corrected chi connectivity index (χ0v) is 12.4. The van der Waals surface area contributed by atoms with Crippen molar-refractivity contribution in [3.05, 3.63) is 5.69 Å². The zero-order chi connectivity index (χ0) is 13.1. The Balaban J connectivity index is 1.83. The highest BCUT2D eigenvalue weighted by molar-refractivity contribution is 8.01. The van der Waals surface area contributed by atoms with Crippen LogP contribution in [0.15, 0.2) is 4.21 Å². The molecule has 4 nitrogen and oxygen atoms in total. The summed E-state index contributed by atoms with van der Waals surface area (Å²) in [5.74, 6) is 1.49. The lowest BCUT2D eigenvalue weighted by Gasteiger charge is -2.30. The molecule has 2 N–H and O–H groups in total. The zero-order valence-electron chi connectivity index (χ0n) is 10.8. The lowest BCUT2D eigenvalue weighted by molar-refractivity contribution is -0.129. The highest BCUT2D eigenvalue weighted by Gasteiger charge is 2.20. The number of nitrogens with zero attached hydrogens (tertiary/aromatic N) is 2. The third-order valence-electron chi connectivity index (χ3n) is 3.23. The summed E-state index contributed by atoms with van der Waals surface area (Å²) < 4.78 is 1.06. The fourth-order valence-electron chi connectivity index (χ4n) is 2.01. The van der Waals surface area contributed by atoms with E-state index in [-0.39, 0.29) is 5.91 Å². The number of hydrogen-bond acceptors (Lipinski definition) is 5. The maximum atomic E-state index is 12.1. The molecule has 0 radical (unpaired) electrons. The van der Waals surface area contributed by atoms with Crippen LogP contribution in [0.3, 0.4) is 0 Å². The number of likely N-dealkylation sites (tertiary alicyclic amines) is 1. The smallest absolute Gasteiger partial charge is 0.232 e. The number of piperidine rings is 1. The first-order valence-corrected chi connectivity index (χ1v) is 8.00. The van der Waals surface area contributed by atoms with Crippen molar-refractivity contribution in [2.24, 2.45) is 5.92 Å². The van der Waals surface area contributed by atoms with Crippen LogP contribution in [-0.4, -0.2) is 34.6 Å². The van der Waals surface area contributed by atoms with Gasteiger partial charge in [0, 0.05) is 13.1 Å². The summed E-state index contributed by atoms with van der Waals surface area (Å²) in [7, 11) is 0. The number of thioether (sulfide) groups is 1. The maximum absolute atomic E-state index is 12.1. The third-order valence-corrected chi connectivity index (χ3v) is 5.57. The summed E-state index contributed by atoms with van der Waals surface area (Å²) in [6.07, 6.45) is 2.26. The summed E-state index contributed by atoms with van der Waals surface area (Å²) in [5, 5.41) is 0.578. The van der Waals surface area contributed by atoms with Crippen LogP contribution in [0, 0.1) is 12.8 Å². The average molecular weight is 285 g/mol. The van der Waals surface area contributed by atoms with E-state index in [0.29, 0.717) is 10.9 Å². The highest BCUT2D eigenvalue weighted by Crippen LogP contribution is 2.30. The van der Waals surface area contributed by atoms with Crippen molar-refractivity contribution in [1.29, 1.82) is 0 Å². The van der Waals surface area contributed by atoms with Crippen LogP contribution < -0.4 is 5.73 Å². The Morgan fingerprint density at radius 2 is 2.22 bits per heavy atom. The molecule has 18 heavy (non-hydrogen) atoms. The molecular weight excluding hydrogens is 266 g/mol. The molecule has 0 saturated carbocycles. The number of thiazole rings is 1. The molecule has 1 amide bonds. The second kappa shape index (κ2) is 5.93. The number of amides is 1. The van der Waals surface area contributed by atoms with Crippen LogP contribution in [0.25, 0.3) is 0 Å². The van der Waals surface area contributed by atoms with Gasteiger partial charge >= 0.3 is 0 Å². The van der Waals surface area contributed by atoms with Crippen molar-refractivity contribution in [2.75, 3.05) is 24.6 Å². The number of aromatic nitrogens is 1. The largest absolute Gasteiger partial charge is 0.375 e. The molecule has 1 aliphatic rings. The Morgan fingerprint density at radius 3 is 2.78 bits per heavy atom. The van der Waals surface area contributed by atoms with Gasteiger partial charge in [-0.2, -0.15) is 0 Å². The minimum absolute atomic E-state index is 0.235. The van der Waals surface area contributed by atoms with Crippen molar-refractivity contribution < 1.29 is 4.79 Å². The Kier molecular flexibility index (Phi) is 4.50. The van der Waals surface area contributed by atoms with Crippen molar-refractivity contribution >= 4 is 34.1 Å². The molecule has 1 saturated heterocycles. The van der Waals surface area contributed by atoms with Crippen molar-refractivity contribution in [3.8, 4) is 0 Å². The number of aryl methyl sites for hydroxylation is 1. The Bertz CT molecular complexity index is 425. The topological polar surface area (TPSA) is 59.2 Å². The van der Waals surface area contributed by atoms with Gasteiger partial charge in [-0.1, -0.05) is 18.3 Å². The molecular formula is C12H19N3OS2. The quantitative estimate of drug-likeness (QED) is 0.866. The van der Waals surface area contributed by atoms with Crippen LogP contribution in [0.4, 0.5) is 5.13 Å². The number of anilines is 1. The van der Waals surface area contributed by atoms with Crippen molar-refractivity contribution in [1.82, 2.24) is 9.88 Å². The van der Waals surface area contributed by atoms with E-state index in [1.807, 2.05) is 11.8 Å². The predicted octanol–water partition coefficient (Wildman–Crippen LogP) is 2.38.